The highest BCUT2D eigenvalue weighted by molar-refractivity contribution is 5.20. The molecule has 2 heteroatoms. The zero-order valence-corrected chi connectivity index (χ0v) is 9.61. The smallest absolute Gasteiger partial charge is 0.0451 e. The highest BCUT2D eigenvalue weighted by Crippen LogP contribution is 2.19. The van der Waals surface area contributed by atoms with Crippen molar-refractivity contribution in [3.05, 3.63) is 35.9 Å². The molecule has 2 atom stereocenters. The SMILES string of the molecule is CCC1CN(C)CC(c2ccccc2)N1. The van der Waals surface area contributed by atoms with E-state index in [1.807, 2.05) is 0 Å². The van der Waals surface area contributed by atoms with Crippen molar-refractivity contribution < 1.29 is 0 Å². The minimum atomic E-state index is 0.495. The van der Waals surface area contributed by atoms with Crippen LogP contribution in [0.2, 0.25) is 0 Å². The van der Waals surface area contributed by atoms with Crippen molar-refractivity contribution in [2.24, 2.45) is 0 Å². The summed E-state index contributed by atoms with van der Waals surface area (Å²) in [6.45, 7) is 4.53. The lowest BCUT2D eigenvalue weighted by atomic mass is 10.0. The quantitative estimate of drug-likeness (QED) is 0.793. The Labute approximate surface area is 92.3 Å². The van der Waals surface area contributed by atoms with Crippen LogP contribution in [0.5, 0.6) is 0 Å². The first-order valence-electron chi connectivity index (χ1n) is 5.79. The van der Waals surface area contributed by atoms with Gasteiger partial charge in [-0.1, -0.05) is 37.3 Å². The molecule has 2 rings (SSSR count). The Morgan fingerprint density at radius 2 is 2.00 bits per heavy atom. The molecule has 0 saturated carbocycles. The van der Waals surface area contributed by atoms with Gasteiger partial charge in [0.2, 0.25) is 0 Å². The Morgan fingerprint density at radius 1 is 1.27 bits per heavy atom. The van der Waals surface area contributed by atoms with Gasteiger partial charge in [0, 0.05) is 25.2 Å². The van der Waals surface area contributed by atoms with Crippen LogP contribution in [-0.4, -0.2) is 31.1 Å². The van der Waals surface area contributed by atoms with Gasteiger partial charge in [0.1, 0.15) is 0 Å². The average Bonchev–Trinajstić information content (AvgIpc) is 2.29. The Morgan fingerprint density at radius 3 is 2.67 bits per heavy atom. The van der Waals surface area contributed by atoms with Gasteiger partial charge in [-0.05, 0) is 19.0 Å². The second kappa shape index (κ2) is 4.77. The fourth-order valence-electron chi connectivity index (χ4n) is 2.29. The molecule has 0 aromatic heterocycles. The Kier molecular flexibility index (Phi) is 3.39. The van der Waals surface area contributed by atoms with Crippen LogP contribution in [0.15, 0.2) is 30.3 Å². The lowest BCUT2D eigenvalue weighted by molar-refractivity contribution is 0.189. The summed E-state index contributed by atoms with van der Waals surface area (Å²) >= 11 is 0. The van der Waals surface area contributed by atoms with E-state index in [4.69, 9.17) is 0 Å². The molecule has 1 aromatic rings. The van der Waals surface area contributed by atoms with Crippen molar-refractivity contribution in [2.75, 3.05) is 20.1 Å². The fraction of sp³-hybridized carbons (Fsp3) is 0.538. The monoisotopic (exact) mass is 204 g/mol. The van der Waals surface area contributed by atoms with Crippen LogP contribution < -0.4 is 5.32 Å². The van der Waals surface area contributed by atoms with Gasteiger partial charge >= 0.3 is 0 Å². The Bertz CT molecular complexity index is 297. The van der Waals surface area contributed by atoms with Crippen LogP contribution in [0.25, 0.3) is 0 Å². The second-order valence-electron chi connectivity index (χ2n) is 4.46. The highest BCUT2D eigenvalue weighted by atomic mass is 15.2. The lowest BCUT2D eigenvalue weighted by Crippen LogP contribution is -2.50. The number of hydrogen-bond acceptors (Lipinski definition) is 2. The third kappa shape index (κ3) is 2.58. The van der Waals surface area contributed by atoms with E-state index in [0.29, 0.717) is 12.1 Å². The summed E-state index contributed by atoms with van der Waals surface area (Å²) in [6, 6.07) is 11.9. The number of nitrogens with one attached hydrogen (secondary N) is 1. The number of piperazine rings is 1. The number of nitrogens with zero attached hydrogens (tertiary/aromatic N) is 1. The zero-order valence-electron chi connectivity index (χ0n) is 9.61. The van der Waals surface area contributed by atoms with Gasteiger partial charge in [-0.15, -0.1) is 0 Å². The topological polar surface area (TPSA) is 15.3 Å². The molecule has 0 spiro atoms. The van der Waals surface area contributed by atoms with E-state index in [9.17, 15) is 0 Å². The molecule has 1 aliphatic rings. The molecule has 0 aliphatic carbocycles. The van der Waals surface area contributed by atoms with E-state index in [0.717, 1.165) is 6.54 Å². The summed E-state index contributed by atoms with van der Waals surface area (Å²) in [4.78, 5) is 2.42. The minimum absolute atomic E-state index is 0.495. The molecule has 1 saturated heterocycles. The van der Waals surface area contributed by atoms with Crippen molar-refractivity contribution in [2.45, 2.75) is 25.4 Å². The summed E-state index contributed by atoms with van der Waals surface area (Å²) in [5, 5.41) is 3.71. The highest BCUT2D eigenvalue weighted by Gasteiger charge is 2.23. The van der Waals surface area contributed by atoms with Gasteiger partial charge in [0.15, 0.2) is 0 Å². The average molecular weight is 204 g/mol. The van der Waals surface area contributed by atoms with Crippen LogP contribution in [0.3, 0.4) is 0 Å². The van der Waals surface area contributed by atoms with E-state index < -0.39 is 0 Å². The van der Waals surface area contributed by atoms with E-state index in [2.05, 4.69) is 54.5 Å². The third-order valence-electron chi connectivity index (χ3n) is 3.16. The molecule has 1 heterocycles. The van der Waals surface area contributed by atoms with Gasteiger partial charge in [0.25, 0.3) is 0 Å². The molecule has 2 nitrogen and oxygen atoms in total. The van der Waals surface area contributed by atoms with Crippen LogP contribution >= 0.6 is 0 Å². The van der Waals surface area contributed by atoms with Crippen molar-refractivity contribution in [3.8, 4) is 0 Å². The maximum Gasteiger partial charge on any atom is 0.0451 e. The second-order valence-corrected chi connectivity index (χ2v) is 4.46. The van der Waals surface area contributed by atoms with Crippen LogP contribution in [0.4, 0.5) is 0 Å². The molecule has 2 unspecified atom stereocenters. The summed E-state index contributed by atoms with van der Waals surface area (Å²) in [5.41, 5.74) is 1.41. The van der Waals surface area contributed by atoms with E-state index in [1.54, 1.807) is 0 Å². The first kappa shape index (κ1) is 10.7. The fourth-order valence-corrected chi connectivity index (χ4v) is 2.29. The van der Waals surface area contributed by atoms with Gasteiger partial charge in [-0.2, -0.15) is 0 Å². The Balaban J connectivity index is 2.09. The molecular weight excluding hydrogens is 184 g/mol. The van der Waals surface area contributed by atoms with Gasteiger partial charge < -0.3 is 10.2 Å². The first-order valence-corrected chi connectivity index (χ1v) is 5.79. The maximum absolute atomic E-state index is 3.71. The van der Waals surface area contributed by atoms with Crippen molar-refractivity contribution in [1.29, 1.82) is 0 Å². The van der Waals surface area contributed by atoms with Gasteiger partial charge in [-0.25, -0.2) is 0 Å². The predicted molar refractivity (Wildman–Crippen MR) is 63.9 cm³/mol. The largest absolute Gasteiger partial charge is 0.305 e. The maximum atomic E-state index is 3.71. The van der Waals surface area contributed by atoms with E-state index in [-0.39, 0.29) is 0 Å². The van der Waals surface area contributed by atoms with Crippen molar-refractivity contribution >= 4 is 0 Å². The number of rotatable bonds is 2. The molecule has 0 amide bonds. The van der Waals surface area contributed by atoms with Gasteiger partial charge in [0.05, 0.1) is 0 Å². The molecule has 0 bridgehead atoms. The molecule has 1 N–H and O–H groups in total. The van der Waals surface area contributed by atoms with Crippen molar-refractivity contribution in [3.63, 3.8) is 0 Å². The molecule has 1 aliphatic heterocycles. The molecular formula is C13H20N2. The predicted octanol–water partition coefficient (Wildman–Crippen LogP) is 2.04. The number of hydrogen-bond donors (Lipinski definition) is 1. The van der Waals surface area contributed by atoms with Crippen LogP contribution in [-0.2, 0) is 0 Å². The molecule has 15 heavy (non-hydrogen) atoms. The minimum Gasteiger partial charge on any atom is -0.305 e. The standard InChI is InChI=1S/C13H20N2/c1-3-12-9-15(2)10-13(14-12)11-7-5-4-6-8-11/h4-8,12-14H,3,9-10H2,1-2H3. The summed E-state index contributed by atoms with van der Waals surface area (Å²) < 4.78 is 0. The number of likely N-dealkylation sites (N-methyl/N-ethyl adjacent to an activating group) is 1. The molecule has 0 radical (unpaired) electrons. The lowest BCUT2D eigenvalue weighted by Gasteiger charge is -2.37. The summed E-state index contributed by atoms with van der Waals surface area (Å²) in [7, 11) is 2.21. The first-order chi connectivity index (χ1) is 7.29. The third-order valence-corrected chi connectivity index (χ3v) is 3.16. The van der Waals surface area contributed by atoms with Gasteiger partial charge in [-0.3, -0.25) is 0 Å². The molecule has 1 aromatic carbocycles. The summed E-state index contributed by atoms with van der Waals surface area (Å²) in [6.07, 6.45) is 1.20. The van der Waals surface area contributed by atoms with E-state index >= 15 is 0 Å². The van der Waals surface area contributed by atoms with Crippen LogP contribution in [0, 0.1) is 0 Å². The molecule has 82 valence electrons. The zero-order chi connectivity index (χ0) is 10.7. The van der Waals surface area contributed by atoms with E-state index in [1.165, 1.54) is 18.5 Å². The van der Waals surface area contributed by atoms with Crippen LogP contribution in [0.1, 0.15) is 24.9 Å². The summed E-state index contributed by atoms with van der Waals surface area (Å²) in [5.74, 6) is 0. The van der Waals surface area contributed by atoms with Crippen molar-refractivity contribution in [1.82, 2.24) is 10.2 Å². The molecule has 1 fully saturated rings. The Hall–Kier alpha value is -0.860. The normalized spacial score (nSPS) is 27.9. The number of benzene rings is 1.